The molecule has 0 amide bonds. The third-order valence-electron chi connectivity index (χ3n) is 3.21. The molecule has 1 aromatic carbocycles. The van der Waals surface area contributed by atoms with Gasteiger partial charge in [0.1, 0.15) is 5.75 Å². The number of rotatable bonds is 3. The van der Waals surface area contributed by atoms with Crippen LogP contribution in [-0.2, 0) is 10.0 Å². The average molecular weight is 255 g/mol. The quantitative estimate of drug-likeness (QED) is 0.821. The summed E-state index contributed by atoms with van der Waals surface area (Å²) >= 11 is 0. The molecule has 17 heavy (non-hydrogen) atoms. The van der Waals surface area contributed by atoms with Crippen LogP contribution in [0, 0.1) is 0 Å². The van der Waals surface area contributed by atoms with E-state index < -0.39 is 10.0 Å². The lowest BCUT2D eigenvalue weighted by Gasteiger charge is -2.13. The number of nitrogens with zero attached hydrogens (tertiary/aromatic N) is 1. The Hall–Kier alpha value is -1.07. The number of hydrogen-bond donors (Lipinski definition) is 0. The van der Waals surface area contributed by atoms with Gasteiger partial charge < -0.3 is 4.74 Å². The van der Waals surface area contributed by atoms with Gasteiger partial charge in [0, 0.05) is 13.1 Å². The standard InChI is InChI=1S/C12H17NO3S/c1-16-12-5-3-10(4-6-12)11-7-8-13(9-11)17(2,14)15/h3-6,11H,7-9H2,1-2H3. The van der Waals surface area contributed by atoms with Crippen LogP contribution in [-0.4, -0.2) is 39.2 Å². The van der Waals surface area contributed by atoms with E-state index in [0.29, 0.717) is 19.0 Å². The Balaban J connectivity index is 2.10. The van der Waals surface area contributed by atoms with E-state index in [9.17, 15) is 8.42 Å². The van der Waals surface area contributed by atoms with Crippen LogP contribution < -0.4 is 4.74 Å². The fraction of sp³-hybridized carbons (Fsp3) is 0.500. The van der Waals surface area contributed by atoms with Crippen LogP contribution in [0.15, 0.2) is 24.3 Å². The number of hydrogen-bond acceptors (Lipinski definition) is 3. The molecule has 4 nitrogen and oxygen atoms in total. The highest BCUT2D eigenvalue weighted by molar-refractivity contribution is 7.88. The van der Waals surface area contributed by atoms with Gasteiger partial charge >= 0.3 is 0 Å². The van der Waals surface area contributed by atoms with Gasteiger partial charge in [0.05, 0.1) is 13.4 Å². The van der Waals surface area contributed by atoms with Crippen LogP contribution in [0.5, 0.6) is 5.75 Å². The topological polar surface area (TPSA) is 46.6 Å². The smallest absolute Gasteiger partial charge is 0.211 e. The summed E-state index contributed by atoms with van der Waals surface area (Å²) in [6.07, 6.45) is 2.16. The third kappa shape index (κ3) is 2.79. The number of ether oxygens (including phenoxy) is 1. The molecular formula is C12H17NO3S. The van der Waals surface area contributed by atoms with Gasteiger partial charge in [0.25, 0.3) is 0 Å². The van der Waals surface area contributed by atoms with Crippen LogP contribution in [0.2, 0.25) is 0 Å². The first-order valence-electron chi connectivity index (χ1n) is 5.60. The summed E-state index contributed by atoms with van der Waals surface area (Å²) in [7, 11) is -1.41. The van der Waals surface area contributed by atoms with Crippen LogP contribution in [0.1, 0.15) is 17.9 Å². The van der Waals surface area contributed by atoms with Crippen molar-refractivity contribution >= 4 is 10.0 Å². The van der Waals surface area contributed by atoms with E-state index in [-0.39, 0.29) is 0 Å². The van der Waals surface area contributed by atoms with Gasteiger partial charge in [0.15, 0.2) is 0 Å². The lowest BCUT2D eigenvalue weighted by atomic mass is 9.99. The Kier molecular flexibility index (Phi) is 3.40. The molecule has 2 rings (SSSR count). The second-order valence-corrected chi connectivity index (χ2v) is 6.36. The summed E-state index contributed by atoms with van der Waals surface area (Å²) < 4.78 is 29.5. The molecule has 94 valence electrons. The monoisotopic (exact) mass is 255 g/mol. The van der Waals surface area contributed by atoms with Gasteiger partial charge in [-0.15, -0.1) is 0 Å². The zero-order valence-electron chi connectivity index (χ0n) is 10.1. The highest BCUT2D eigenvalue weighted by Crippen LogP contribution is 2.29. The van der Waals surface area contributed by atoms with Crippen molar-refractivity contribution in [2.24, 2.45) is 0 Å². The average Bonchev–Trinajstić information content (AvgIpc) is 2.78. The summed E-state index contributed by atoms with van der Waals surface area (Å²) in [6.45, 7) is 1.21. The molecule has 1 unspecified atom stereocenters. The molecule has 1 aromatic rings. The summed E-state index contributed by atoms with van der Waals surface area (Å²) in [6, 6.07) is 7.85. The highest BCUT2D eigenvalue weighted by atomic mass is 32.2. The highest BCUT2D eigenvalue weighted by Gasteiger charge is 2.29. The van der Waals surface area contributed by atoms with E-state index in [4.69, 9.17) is 4.74 Å². The van der Waals surface area contributed by atoms with E-state index in [1.54, 1.807) is 11.4 Å². The molecule has 0 aliphatic carbocycles. The summed E-state index contributed by atoms with van der Waals surface area (Å²) in [5.74, 6) is 1.13. The molecule has 0 N–H and O–H groups in total. The van der Waals surface area contributed by atoms with E-state index in [1.807, 2.05) is 24.3 Å². The van der Waals surface area contributed by atoms with E-state index in [2.05, 4.69) is 0 Å². The molecule has 1 heterocycles. The molecule has 0 aromatic heterocycles. The predicted molar refractivity (Wildman–Crippen MR) is 66.8 cm³/mol. The molecule has 0 bridgehead atoms. The molecule has 5 heteroatoms. The first-order chi connectivity index (χ1) is 8.00. The lowest BCUT2D eigenvalue weighted by Crippen LogP contribution is -2.27. The van der Waals surface area contributed by atoms with Crippen molar-refractivity contribution in [2.75, 3.05) is 26.5 Å². The lowest BCUT2D eigenvalue weighted by molar-refractivity contribution is 0.414. The van der Waals surface area contributed by atoms with E-state index in [1.165, 1.54) is 11.8 Å². The maximum Gasteiger partial charge on any atom is 0.211 e. The Morgan fingerprint density at radius 1 is 1.29 bits per heavy atom. The van der Waals surface area contributed by atoms with Gasteiger partial charge in [-0.05, 0) is 30.0 Å². The van der Waals surface area contributed by atoms with Crippen molar-refractivity contribution in [3.05, 3.63) is 29.8 Å². The second-order valence-electron chi connectivity index (χ2n) is 4.38. The Morgan fingerprint density at radius 3 is 2.41 bits per heavy atom. The van der Waals surface area contributed by atoms with Crippen LogP contribution >= 0.6 is 0 Å². The minimum atomic E-state index is -3.05. The predicted octanol–water partition coefficient (Wildman–Crippen LogP) is 1.44. The zero-order valence-corrected chi connectivity index (χ0v) is 10.9. The molecule has 0 saturated carbocycles. The maximum absolute atomic E-state index is 11.4. The summed E-state index contributed by atoms with van der Waals surface area (Å²) in [5.41, 5.74) is 1.18. The van der Waals surface area contributed by atoms with Crippen molar-refractivity contribution in [3.63, 3.8) is 0 Å². The van der Waals surface area contributed by atoms with E-state index >= 15 is 0 Å². The Labute approximate surface area is 102 Å². The largest absolute Gasteiger partial charge is 0.497 e. The van der Waals surface area contributed by atoms with Crippen LogP contribution in [0.4, 0.5) is 0 Å². The maximum atomic E-state index is 11.4. The molecule has 0 radical (unpaired) electrons. The zero-order chi connectivity index (χ0) is 12.5. The van der Waals surface area contributed by atoms with Gasteiger partial charge in [-0.3, -0.25) is 0 Å². The number of sulfonamides is 1. The van der Waals surface area contributed by atoms with Gasteiger partial charge in [-0.25, -0.2) is 12.7 Å². The summed E-state index contributed by atoms with van der Waals surface area (Å²) in [4.78, 5) is 0. The fourth-order valence-corrected chi connectivity index (χ4v) is 3.07. The first-order valence-corrected chi connectivity index (χ1v) is 7.44. The Morgan fingerprint density at radius 2 is 1.94 bits per heavy atom. The van der Waals surface area contributed by atoms with Crippen molar-refractivity contribution in [3.8, 4) is 5.75 Å². The molecule has 1 aliphatic heterocycles. The minimum Gasteiger partial charge on any atom is -0.497 e. The molecule has 1 saturated heterocycles. The molecule has 1 aliphatic rings. The van der Waals surface area contributed by atoms with Crippen molar-refractivity contribution in [2.45, 2.75) is 12.3 Å². The molecule has 1 atom stereocenters. The van der Waals surface area contributed by atoms with Crippen LogP contribution in [0.25, 0.3) is 0 Å². The molecule has 0 spiro atoms. The van der Waals surface area contributed by atoms with Gasteiger partial charge in [-0.2, -0.15) is 0 Å². The van der Waals surface area contributed by atoms with Crippen LogP contribution in [0.3, 0.4) is 0 Å². The van der Waals surface area contributed by atoms with Gasteiger partial charge in [0.2, 0.25) is 10.0 Å². The van der Waals surface area contributed by atoms with Crippen molar-refractivity contribution in [1.29, 1.82) is 0 Å². The summed E-state index contributed by atoms with van der Waals surface area (Å²) in [5, 5.41) is 0. The number of benzene rings is 1. The normalized spacial score (nSPS) is 21.6. The molecular weight excluding hydrogens is 238 g/mol. The van der Waals surface area contributed by atoms with Crippen molar-refractivity contribution < 1.29 is 13.2 Å². The number of methoxy groups -OCH3 is 1. The minimum absolute atomic E-state index is 0.302. The third-order valence-corrected chi connectivity index (χ3v) is 4.48. The van der Waals surface area contributed by atoms with Gasteiger partial charge in [-0.1, -0.05) is 12.1 Å². The fourth-order valence-electron chi connectivity index (χ4n) is 2.18. The Bertz CT molecular complexity index is 481. The second kappa shape index (κ2) is 4.66. The molecule has 1 fully saturated rings. The first kappa shape index (κ1) is 12.4. The van der Waals surface area contributed by atoms with E-state index in [0.717, 1.165) is 12.2 Å². The van der Waals surface area contributed by atoms with Crippen molar-refractivity contribution in [1.82, 2.24) is 4.31 Å². The SMILES string of the molecule is COc1ccc(C2CCN(S(C)(=O)=O)C2)cc1.